The van der Waals surface area contributed by atoms with E-state index in [1.165, 1.54) is 10.4 Å². The van der Waals surface area contributed by atoms with Crippen LogP contribution in [-0.2, 0) is 12.2 Å². The Kier molecular flexibility index (Phi) is 4.00. The lowest BCUT2D eigenvalue weighted by Gasteiger charge is -2.08. The molecule has 1 aromatic heterocycles. The van der Waals surface area contributed by atoms with Crippen LogP contribution in [0, 0.1) is 18.3 Å². The summed E-state index contributed by atoms with van der Waals surface area (Å²) in [6.07, 6.45) is 1.05. The number of thiophene rings is 1. The van der Waals surface area contributed by atoms with Crippen LogP contribution in [-0.4, -0.2) is 11.7 Å². The van der Waals surface area contributed by atoms with Crippen molar-refractivity contribution in [3.63, 3.8) is 0 Å². The van der Waals surface area contributed by atoms with Gasteiger partial charge in [-0.05, 0) is 42.4 Å². The third-order valence-electron chi connectivity index (χ3n) is 3.48. The third kappa shape index (κ3) is 2.82. The molecule has 2 aromatic rings. The number of fused-ring (bicyclic) bond motifs is 1. The van der Waals surface area contributed by atoms with Gasteiger partial charge in [-0.1, -0.05) is 12.1 Å². The second-order valence-corrected chi connectivity index (χ2v) is 7.17. The molecule has 1 aliphatic heterocycles. The van der Waals surface area contributed by atoms with Crippen LogP contribution in [0.3, 0.4) is 0 Å². The number of nitrogens with zero attached hydrogens (tertiary/aromatic N) is 1. The van der Waals surface area contributed by atoms with Crippen LogP contribution in [0.5, 0.6) is 0 Å². The van der Waals surface area contributed by atoms with Gasteiger partial charge < -0.3 is 5.32 Å². The first-order chi connectivity index (χ1) is 10.2. The van der Waals surface area contributed by atoms with Crippen molar-refractivity contribution in [1.29, 1.82) is 5.26 Å². The molecule has 1 amide bonds. The standard InChI is InChI=1S/C16H14N2OS2/c1-10-3-2-4-13(12(10)8-17)18-16(19)15-7-11-9-20-6-5-14(11)21-15/h2-4,7H,5-6,9H2,1H3,(H,18,19). The van der Waals surface area contributed by atoms with E-state index in [0.717, 1.165) is 28.4 Å². The molecule has 21 heavy (non-hydrogen) atoms. The van der Waals surface area contributed by atoms with Gasteiger partial charge in [-0.25, -0.2) is 0 Å². The first kappa shape index (κ1) is 14.2. The number of nitriles is 1. The van der Waals surface area contributed by atoms with E-state index < -0.39 is 0 Å². The van der Waals surface area contributed by atoms with Crippen LogP contribution < -0.4 is 5.32 Å². The molecule has 0 spiro atoms. The number of carbonyl (C=O) groups is 1. The SMILES string of the molecule is Cc1cccc(NC(=O)c2cc3c(s2)CCSC3)c1C#N. The second kappa shape index (κ2) is 5.92. The summed E-state index contributed by atoms with van der Waals surface area (Å²) in [5, 5.41) is 12.1. The molecule has 2 heterocycles. The molecule has 0 unspecified atom stereocenters. The van der Waals surface area contributed by atoms with E-state index in [4.69, 9.17) is 0 Å². The van der Waals surface area contributed by atoms with Crippen LogP contribution in [0.1, 0.15) is 31.2 Å². The molecule has 1 aliphatic rings. The minimum absolute atomic E-state index is 0.124. The minimum Gasteiger partial charge on any atom is -0.320 e. The Bertz CT molecular complexity index is 720. The molecule has 0 saturated heterocycles. The maximum atomic E-state index is 12.4. The third-order valence-corrected chi connectivity index (χ3v) is 5.73. The number of amides is 1. The van der Waals surface area contributed by atoms with E-state index in [9.17, 15) is 10.1 Å². The molecule has 3 nitrogen and oxygen atoms in total. The van der Waals surface area contributed by atoms with E-state index in [-0.39, 0.29) is 5.91 Å². The highest BCUT2D eigenvalue weighted by Gasteiger charge is 2.18. The van der Waals surface area contributed by atoms with Crippen LogP contribution in [0.15, 0.2) is 24.3 Å². The molecule has 106 valence electrons. The van der Waals surface area contributed by atoms with Gasteiger partial charge in [0.15, 0.2) is 0 Å². The topological polar surface area (TPSA) is 52.9 Å². The number of nitrogens with one attached hydrogen (secondary N) is 1. The smallest absolute Gasteiger partial charge is 0.265 e. The predicted octanol–water partition coefficient (Wildman–Crippen LogP) is 3.97. The Morgan fingerprint density at radius 1 is 1.43 bits per heavy atom. The number of thioether (sulfide) groups is 1. The maximum absolute atomic E-state index is 12.4. The van der Waals surface area contributed by atoms with E-state index >= 15 is 0 Å². The van der Waals surface area contributed by atoms with Gasteiger partial charge in [0.05, 0.1) is 16.1 Å². The summed E-state index contributed by atoms with van der Waals surface area (Å²) >= 11 is 3.48. The van der Waals surface area contributed by atoms with Gasteiger partial charge in [-0.3, -0.25) is 4.79 Å². The Labute approximate surface area is 132 Å². The van der Waals surface area contributed by atoms with Gasteiger partial charge in [0.2, 0.25) is 0 Å². The van der Waals surface area contributed by atoms with E-state index in [2.05, 4.69) is 11.4 Å². The molecule has 5 heteroatoms. The Morgan fingerprint density at radius 2 is 2.29 bits per heavy atom. The molecule has 0 fully saturated rings. The van der Waals surface area contributed by atoms with Gasteiger partial charge in [-0.15, -0.1) is 11.3 Å². The van der Waals surface area contributed by atoms with Crippen molar-refractivity contribution in [2.45, 2.75) is 19.1 Å². The summed E-state index contributed by atoms with van der Waals surface area (Å²) in [6.45, 7) is 1.87. The number of anilines is 1. The fourth-order valence-corrected chi connectivity index (χ4v) is 4.63. The number of aryl methyl sites for hydroxylation is 2. The van der Waals surface area contributed by atoms with E-state index in [1.807, 2.05) is 36.9 Å². The first-order valence-corrected chi connectivity index (χ1v) is 8.66. The minimum atomic E-state index is -0.124. The van der Waals surface area contributed by atoms with Gasteiger partial charge in [-0.2, -0.15) is 17.0 Å². The molecule has 0 radical (unpaired) electrons. The lowest BCUT2D eigenvalue weighted by molar-refractivity contribution is 0.103. The average molecular weight is 314 g/mol. The van der Waals surface area contributed by atoms with Crippen molar-refractivity contribution in [2.24, 2.45) is 0 Å². The van der Waals surface area contributed by atoms with Gasteiger partial charge in [0, 0.05) is 10.6 Å². The monoisotopic (exact) mass is 314 g/mol. The highest BCUT2D eigenvalue weighted by Crippen LogP contribution is 2.32. The predicted molar refractivity (Wildman–Crippen MR) is 88.0 cm³/mol. The Balaban J connectivity index is 1.86. The summed E-state index contributed by atoms with van der Waals surface area (Å²) < 4.78 is 0. The highest BCUT2D eigenvalue weighted by molar-refractivity contribution is 7.98. The maximum Gasteiger partial charge on any atom is 0.265 e. The quantitative estimate of drug-likeness (QED) is 0.912. The van der Waals surface area contributed by atoms with Crippen molar-refractivity contribution in [2.75, 3.05) is 11.1 Å². The Hall–Kier alpha value is -1.77. The molecule has 1 N–H and O–H groups in total. The fourth-order valence-electron chi connectivity index (χ4n) is 2.36. The fraction of sp³-hybridized carbons (Fsp3) is 0.250. The van der Waals surface area contributed by atoms with Crippen LogP contribution in [0.2, 0.25) is 0 Å². The molecule has 1 aromatic carbocycles. The number of hydrogen-bond donors (Lipinski definition) is 1. The van der Waals surface area contributed by atoms with Crippen molar-refractivity contribution >= 4 is 34.7 Å². The van der Waals surface area contributed by atoms with E-state index in [0.29, 0.717) is 11.3 Å². The zero-order chi connectivity index (χ0) is 14.8. The van der Waals surface area contributed by atoms with Gasteiger partial charge in [0.1, 0.15) is 6.07 Å². The molecule has 0 aliphatic carbocycles. The molecular formula is C16H14N2OS2. The number of carbonyl (C=O) groups excluding carboxylic acids is 1. The normalized spacial score (nSPS) is 13.3. The lowest BCUT2D eigenvalue weighted by atomic mass is 10.1. The Morgan fingerprint density at radius 3 is 3.05 bits per heavy atom. The summed E-state index contributed by atoms with van der Waals surface area (Å²) in [7, 11) is 0. The molecule has 0 saturated carbocycles. The summed E-state index contributed by atoms with van der Waals surface area (Å²) in [6, 6.07) is 9.63. The van der Waals surface area contributed by atoms with Crippen molar-refractivity contribution in [3.8, 4) is 6.07 Å². The number of rotatable bonds is 2. The van der Waals surface area contributed by atoms with Crippen LogP contribution in [0.4, 0.5) is 5.69 Å². The summed E-state index contributed by atoms with van der Waals surface area (Å²) in [5.74, 6) is 2.00. The van der Waals surface area contributed by atoms with Gasteiger partial charge in [0.25, 0.3) is 5.91 Å². The summed E-state index contributed by atoms with van der Waals surface area (Å²) in [4.78, 5) is 14.4. The molecule has 3 rings (SSSR count). The zero-order valence-electron chi connectivity index (χ0n) is 11.6. The lowest BCUT2D eigenvalue weighted by Crippen LogP contribution is -2.11. The molecular weight excluding hydrogens is 300 g/mol. The molecule has 0 bridgehead atoms. The zero-order valence-corrected chi connectivity index (χ0v) is 13.2. The van der Waals surface area contributed by atoms with Crippen LogP contribution >= 0.6 is 23.1 Å². The second-order valence-electron chi connectivity index (χ2n) is 4.93. The number of hydrogen-bond acceptors (Lipinski definition) is 4. The highest BCUT2D eigenvalue weighted by atomic mass is 32.2. The van der Waals surface area contributed by atoms with Gasteiger partial charge >= 0.3 is 0 Å². The van der Waals surface area contributed by atoms with Crippen LogP contribution in [0.25, 0.3) is 0 Å². The van der Waals surface area contributed by atoms with E-state index in [1.54, 1.807) is 17.4 Å². The first-order valence-electron chi connectivity index (χ1n) is 6.69. The number of benzene rings is 1. The summed E-state index contributed by atoms with van der Waals surface area (Å²) in [5.41, 5.74) is 3.27. The van der Waals surface area contributed by atoms with Crippen molar-refractivity contribution < 1.29 is 4.79 Å². The van der Waals surface area contributed by atoms with Crippen molar-refractivity contribution in [3.05, 3.63) is 50.7 Å². The van der Waals surface area contributed by atoms with Crippen molar-refractivity contribution in [1.82, 2.24) is 0 Å². The molecule has 0 atom stereocenters. The average Bonchev–Trinajstić information content (AvgIpc) is 2.91. The largest absolute Gasteiger partial charge is 0.320 e.